The van der Waals surface area contributed by atoms with Gasteiger partial charge in [-0.15, -0.1) is 11.3 Å². The maximum Gasteiger partial charge on any atom is 0.274 e. The maximum absolute atomic E-state index is 12.7. The average Bonchev–Trinajstić information content (AvgIpc) is 3.43. The van der Waals surface area contributed by atoms with Crippen LogP contribution in [0.5, 0.6) is 0 Å². The molecule has 2 saturated heterocycles. The molecule has 0 saturated carbocycles. The number of nitrogens with zero attached hydrogens (tertiary/aromatic N) is 2. The van der Waals surface area contributed by atoms with Gasteiger partial charge in [0.2, 0.25) is 21.8 Å². The summed E-state index contributed by atoms with van der Waals surface area (Å²) >= 11 is 7.29. The molecular weight excluding hydrogens is 522 g/mol. The van der Waals surface area contributed by atoms with Crippen LogP contribution in [-0.2, 0) is 19.6 Å². The van der Waals surface area contributed by atoms with Crippen molar-refractivity contribution in [1.82, 2.24) is 4.72 Å². The van der Waals surface area contributed by atoms with Gasteiger partial charge in [0, 0.05) is 43.2 Å². The van der Waals surface area contributed by atoms with Crippen LogP contribution in [0.4, 0.5) is 11.4 Å². The third-order valence-electron chi connectivity index (χ3n) is 6.42. The fourth-order valence-corrected chi connectivity index (χ4v) is 7.36. The van der Waals surface area contributed by atoms with Crippen LogP contribution in [-0.4, -0.2) is 45.0 Å². The van der Waals surface area contributed by atoms with Crippen LogP contribution in [0.3, 0.4) is 0 Å². The van der Waals surface area contributed by atoms with Gasteiger partial charge in [-0.3, -0.25) is 14.4 Å². The number of carbonyl (C=O) groups excluding carboxylic acids is 3. The van der Waals surface area contributed by atoms with E-state index < -0.39 is 21.8 Å². The van der Waals surface area contributed by atoms with Crippen LogP contribution in [0.1, 0.15) is 35.4 Å². The Morgan fingerprint density at radius 3 is 2.44 bits per heavy atom. The number of hydrogen-bond donors (Lipinski definition) is 1. The summed E-state index contributed by atoms with van der Waals surface area (Å²) in [4.78, 5) is 41.0. The highest BCUT2D eigenvalue weighted by Gasteiger charge is 2.34. The quantitative estimate of drug-likeness (QED) is 0.500. The van der Waals surface area contributed by atoms with E-state index in [2.05, 4.69) is 4.72 Å². The maximum atomic E-state index is 12.7. The molecule has 3 heterocycles. The molecule has 5 rings (SSSR count). The van der Waals surface area contributed by atoms with Gasteiger partial charge < -0.3 is 9.80 Å². The highest BCUT2D eigenvalue weighted by atomic mass is 35.5. The molecule has 0 aliphatic carbocycles. The van der Waals surface area contributed by atoms with Gasteiger partial charge in [-0.1, -0.05) is 23.7 Å². The van der Waals surface area contributed by atoms with E-state index in [-0.39, 0.29) is 35.4 Å². The standard InChI is InChI=1S/C25H24ClN3O5S2/c26-20-5-3-4-17-13-21(35-24(17)20)25(32)27-36(33,34)15-16-12-23(31)29(14-16)19-9-7-18(8-10-19)28-11-2-1-6-22(28)30/h3-5,7-10,13,16H,1-2,6,11-12,14-15H2,(H,27,32). The second-order valence-electron chi connectivity index (χ2n) is 9.07. The summed E-state index contributed by atoms with van der Waals surface area (Å²) in [5, 5.41) is 1.27. The van der Waals surface area contributed by atoms with E-state index in [1.165, 1.54) is 0 Å². The molecule has 2 aliphatic rings. The Morgan fingerprint density at radius 2 is 1.75 bits per heavy atom. The lowest BCUT2D eigenvalue weighted by Gasteiger charge is -2.27. The summed E-state index contributed by atoms with van der Waals surface area (Å²) in [5.41, 5.74) is 1.44. The number of anilines is 2. The van der Waals surface area contributed by atoms with Gasteiger partial charge in [-0.2, -0.15) is 0 Å². The number of thiophene rings is 1. The number of rotatable bonds is 6. The van der Waals surface area contributed by atoms with Crippen LogP contribution in [0, 0.1) is 5.92 Å². The number of hydrogen-bond acceptors (Lipinski definition) is 6. The molecule has 11 heteroatoms. The predicted molar refractivity (Wildman–Crippen MR) is 141 cm³/mol. The zero-order valence-electron chi connectivity index (χ0n) is 19.3. The highest BCUT2D eigenvalue weighted by Crippen LogP contribution is 2.32. The molecule has 1 N–H and O–H groups in total. The van der Waals surface area contributed by atoms with E-state index in [0.29, 0.717) is 23.7 Å². The Bertz CT molecular complexity index is 1450. The largest absolute Gasteiger partial charge is 0.312 e. The molecular formula is C25H24ClN3O5S2. The molecule has 0 bridgehead atoms. The first kappa shape index (κ1) is 24.7. The number of piperidine rings is 1. The Kier molecular flexibility index (Phi) is 6.76. The second-order valence-corrected chi connectivity index (χ2v) is 12.3. The van der Waals surface area contributed by atoms with Crippen LogP contribution >= 0.6 is 22.9 Å². The molecule has 0 spiro atoms. The molecule has 1 atom stereocenters. The summed E-state index contributed by atoms with van der Waals surface area (Å²) in [7, 11) is -3.97. The van der Waals surface area contributed by atoms with E-state index in [9.17, 15) is 22.8 Å². The lowest BCUT2D eigenvalue weighted by molar-refractivity contribution is -0.119. The van der Waals surface area contributed by atoms with Crippen molar-refractivity contribution >= 4 is 72.1 Å². The van der Waals surface area contributed by atoms with Gasteiger partial charge in [0.05, 0.1) is 20.4 Å². The Hall–Kier alpha value is -2.95. The van der Waals surface area contributed by atoms with Crippen molar-refractivity contribution in [2.75, 3.05) is 28.6 Å². The second kappa shape index (κ2) is 9.84. The van der Waals surface area contributed by atoms with Crippen LogP contribution in [0.15, 0.2) is 48.5 Å². The van der Waals surface area contributed by atoms with Crippen molar-refractivity contribution in [3.05, 3.63) is 58.4 Å². The first-order valence-corrected chi connectivity index (χ1v) is 14.5. The number of sulfonamides is 1. The fraction of sp³-hybridized carbons (Fsp3) is 0.320. The molecule has 188 valence electrons. The first-order valence-electron chi connectivity index (χ1n) is 11.6. The molecule has 36 heavy (non-hydrogen) atoms. The Labute approximate surface area is 217 Å². The van der Waals surface area contributed by atoms with Crippen LogP contribution in [0.2, 0.25) is 5.02 Å². The molecule has 2 aliphatic heterocycles. The number of fused-ring (bicyclic) bond motifs is 1. The van der Waals surface area contributed by atoms with Crippen molar-refractivity contribution in [2.24, 2.45) is 5.92 Å². The molecule has 3 amide bonds. The zero-order valence-corrected chi connectivity index (χ0v) is 21.7. The minimum atomic E-state index is -3.97. The Balaban J connectivity index is 1.22. The summed E-state index contributed by atoms with van der Waals surface area (Å²) in [6.07, 6.45) is 2.47. The predicted octanol–water partition coefficient (Wildman–Crippen LogP) is 4.18. The smallest absolute Gasteiger partial charge is 0.274 e. The van der Waals surface area contributed by atoms with Crippen molar-refractivity contribution in [3.63, 3.8) is 0 Å². The van der Waals surface area contributed by atoms with Gasteiger partial charge in [-0.05, 0) is 54.6 Å². The third kappa shape index (κ3) is 5.11. The SMILES string of the molecule is O=C(NS(=O)(=O)CC1CC(=O)N(c2ccc(N3CCCCC3=O)cc2)C1)c1cc2cccc(Cl)c2s1. The van der Waals surface area contributed by atoms with E-state index in [4.69, 9.17) is 11.6 Å². The summed E-state index contributed by atoms with van der Waals surface area (Å²) < 4.78 is 28.3. The number of nitrogens with one attached hydrogen (secondary N) is 1. The zero-order chi connectivity index (χ0) is 25.4. The number of carbonyl (C=O) groups is 3. The molecule has 0 radical (unpaired) electrons. The van der Waals surface area contributed by atoms with Gasteiger partial charge >= 0.3 is 0 Å². The van der Waals surface area contributed by atoms with Gasteiger partial charge in [-0.25, -0.2) is 13.1 Å². The molecule has 8 nitrogen and oxygen atoms in total. The topological polar surface area (TPSA) is 104 Å². The molecule has 1 aromatic heterocycles. The van der Waals surface area contributed by atoms with E-state index in [1.54, 1.807) is 46.2 Å². The van der Waals surface area contributed by atoms with Crippen molar-refractivity contribution in [2.45, 2.75) is 25.7 Å². The van der Waals surface area contributed by atoms with Crippen LogP contribution < -0.4 is 14.5 Å². The summed E-state index contributed by atoms with van der Waals surface area (Å²) in [5.74, 6) is -1.59. The van der Waals surface area contributed by atoms with Crippen molar-refractivity contribution in [3.8, 4) is 0 Å². The number of halogens is 1. The van der Waals surface area contributed by atoms with E-state index in [1.807, 2.05) is 12.1 Å². The highest BCUT2D eigenvalue weighted by molar-refractivity contribution is 7.90. The van der Waals surface area contributed by atoms with Gasteiger partial charge in [0.15, 0.2) is 0 Å². The van der Waals surface area contributed by atoms with Crippen molar-refractivity contribution < 1.29 is 22.8 Å². The first-order chi connectivity index (χ1) is 17.2. The van der Waals surface area contributed by atoms with Crippen molar-refractivity contribution in [1.29, 1.82) is 0 Å². The monoisotopic (exact) mass is 545 g/mol. The molecule has 3 aromatic rings. The number of amides is 3. The van der Waals surface area contributed by atoms with Gasteiger partial charge in [0.25, 0.3) is 5.91 Å². The fourth-order valence-electron chi connectivity index (χ4n) is 4.72. The van der Waals surface area contributed by atoms with E-state index >= 15 is 0 Å². The minimum Gasteiger partial charge on any atom is -0.312 e. The summed E-state index contributed by atoms with van der Waals surface area (Å²) in [6.45, 7) is 0.912. The lowest BCUT2D eigenvalue weighted by Crippen LogP contribution is -2.35. The Morgan fingerprint density at radius 1 is 1.03 bits per heavy atom. The third-order valence-corrected chi connectivity index (χ3v) is 9.44. The van der Waals surface area contributed by atoms with E-state index in [0.717, 1.165) is 40.0 Å². The molecule has 2 fully saturated rings. The molecule has 2 aromatic carbocycles. The summed E-state index contributed by atoms with van der Waals surface area (Å²) in [6, 6.07) is 14.1. The molecule has 1 unspecified atom stereocenters. The lowest BCUT2D eigenvalue weighted by atomic mass is 10.1. The normalized spacial score (nSPS) is 18.8. The van der Waals surface area contributed by atoms with Crippen LogP contribution in [0.25, 0.3) is 10.1 Å². The minimum absolute atomic E-state index is 0.0694. The number of benzene rings is 2. The van der Waals surface area contributed by atoms with Gasteiger partial charge in [0.1, 0.15) is 0 Å². The average molecular weight is 546 g/mol.